The minimum atomic E-state index is 0.568. The smallest absolute Gasteiger partial charge is 0.308 e. The number of aryl methyl sites for hydroxylation is 1. The molecule has 0 radical (unpaired) electrons. The van der Waals surface area contributed by atoms with Crippen LogP contribution < -0.4 is 4.74 Å². The third kappa shape index (κ3) is 1.31. The fourth-order valence-electron chi connectivity index (χ4n) is 1.17. The van der Waals surface area contributed by atoms with E-state index in [0.717, 1.165) is 11.6 Å². The van der Waals surface area contributed by atoms with Gasteiger partial charge in [0.15, 0.2) is 0 Å². The molecule has 0 amide bonds. The molecule has 0 N–H and O–H groups in total. The minimum absolute atomic E-state index is 0.568. The summed E-state index contributed by atoms with van der Waals surface area (Å²) in [4.78, 5) is 4.30. The first-order valence-electron chi connectivity index (χ1n) is 4.41. The fraction of sp³-hybridized carbons (Fsp3) is 0.667. The Balaban J connectivity index is 2.18. The van der Waals surface area contributed by atoms with E-state index in [1.807, 2.05) is 13.8 Å². The second-order valence-corrected chi connectivity index (χ2v) is 3.13. The second-order valence-electron chi connectivity index (χ2n) is 3.13. The summed E-state index contributed by atoms with van der Waals surface area (Å²) >= 11 is 0. The molecule has 1 heterocycles. The van der Waals surface area contributed by atoms with Crippen LogP contribution in [-0.2, 0) is 0 Å². The quantitative estimate of drug-likeness (QED) is 0.692. The highest BCUT2D eigenvalue weighted by Gasteiger charge is 2.29. The Morgan fingerprint density at radius 1 is 1.58 bits per heavy atom. The van der Waals surface area contributed by atoms with Crippen molar-refractivity contribution in [1.82, 2.24) is 4.98 Å². The van der Waals surface area contributed by atoms with Gasteiger partial charge >= 0.3 is 5.95 Å². The van der Waals surface area contributed by atoms with Gasteiger partial charge in [-0.1, -0.05) is 0 Å². The molecule has 1 aromatic rings. The van der Waals surface area contributed by atoms with Crippen molar-refractivity contribution >= 4 is 0 Å². The summed E-state index contributed by atoms with van der Waals surface area (Å²) in [6, 6.07) is 0. The van der Waals surface area contributed by atoms with Gasteiger partial charge < -0.3 is 9.15 Å². The van der Waals surface area contributed by atoms with Crippen LogP contribution >= 0.6 is 0 Å². The number of hydrogen-bond acceptors (Lipinski definition) is 3. The standard InChI is InChI=1S/C9H13NO2/c1-3-11-9-6(2)10-8(12-9)7-4-5-7/h7H,3-5H2,1-2H3. The summed E-state index contributed by atoms with van der Waals surface area (Å²) in [5, 5.41) is 0. The highest BCUT2D eigenvalue weighted by Crippen LogP contribution is 2.41. The highest BCUT2D eigenvalue weighted by atomic mass is 16.6. The van der Waals surface area contributed by atoms with Crippen molar-refractivity contribution < 1.29 is 9.15 Å². The van der Waals surface area contributed by atoms with Crippen LogP contribution in [0, 0.1) is 6.92 Å². The van der Waals surface area contributed by atoms with E-state index in [-0.39, 0.29) is 0 Å². The largest absolute Gasteiger partial charge is 0.464 e. The molecule has 0 unspecified atom stereocenters. The summed E-state index contributed by atoms with van der Waals surface area (Å²) in [6.07, 6.45) is 2.43. The van der Waals surface area contributed by atoms with Gasteiger partial charge in [0, 0.05) is 5.92 Å². The molecule has 0 spiro atoms. The predicted molar refractivity (Wildman–Crippen MR) is 44.4 cm³/mol. The van der Waals surface area contributed by atoms with E-state index in [1.54, 1.807) is 0 Å². The Hall–Kier alpha value is -0.990. The summed E-state index contributed by atoms with van der Waals surface area (Å²) in [6.45, 7) is 4.50. The first-order chi connectivity index (χ1) is 5.81. The Morgan fingerprint density at radius 3 is 2.92 bits per heavy atom. The van der Waals surface area contributed by atoms with Crippen LogP contribution in [0.3, 0.4) is 0 Å². The Morgan fingerprint density at radius 2 is 2.33 bits per heavy atom. The first kappa shape index (κ1) is 7.65. The third-order valence-corrected chi connectivity index (χ3v) is 1.97. The maximum absolute atomic E-state index is 5.45. The number of oxazole rings is 1. The lowest BCUT2D eigenvalue weighted by molar-refractivity contribution is 0.248. The topological polar surface area (TPSA) is 35.3 Å². The molecule has 0 aromatic carbocycles. The number of ether oxygens (including phenoxy) is 1. The van der Waals surface area contributed by atoms with Crippen LogP contribution in [0.25, 0.3) is 0 Å². The lowest BCUT2D eigenvalue weighted by atomic mass is 10.4. The van der Waals surface area contributed by atoms with Gasteiger partial charge in [-0.3, -0.25) is 0 Å². The molecular formula is C9H13NO2. The third-order valence-electron chi connectivity index (χ3n) is 1.97. The molecule has 1 aliphatic rings. The highest BCUT2D eigenvalue weighted by molar-refractivity contribution is 5.17. The summed E-state index contributed by atoms with van der Waals surface area (Å²) in [5.41, 5.74) is 0.874. The van der Waals surface area contributed by atoms with Gasteiger partial charge in [-0.25, -0.2) is 4.98 Å². The van der Waals surface area contributed by atoms with Crippen molar-refractivity contribution in [3.8, 4) is 5.95 Å². The molecule has 12 heavy (non-hydrogen) atoms. The molecule has 0 aliphatic heterocycles. The lowest BCUT2D eigenvalue weighted by Crippen LogP contribution is -1.90. The molecular weight excluding hydrogens is 154 g/mol. The molecule has 1 aliphatic carbocycles. The summed E-state index contributed by atoms with van der Waals surface area (Å²) in [7, 11) is 0. The summed E-state index contributed by atoms with van der Waals surface area (Å²) in [5.74, 6) is 2.02. The summed E-state index contributed by atoms with van der Waals surface area (Å²) < 4.78 is 10.7. The lowest BCUT2D eigenvalue weighted by Gasteiger charge is -1.95. The van der Waals surface area contributed by atoms with Crippen LogP contribution in [0.2, 0.25) is 0 Å². The Bertz CT molecular complexity index is 276. The number of rotatable bonds is 3. The fourth-order valence-corrected chi connectivity index (χ4v) is 1.17. The van der Waals surface area contributed by atoms with Gasteiger partial charge in [-0.05, 0) is 26.7 Å². The second kappa shape index (κ2) is 2.81. The van der Waals surface area contributed by atoms with E-state index < -0.39 is 0 Å². The van der Waals surface area contributed by atoms with Crippen LogP contribution in [0.5, 0.6) is 5.95 Å². The SMILES string of the molecule is CCOc1oc(C2CC2)nc1C. The van der Waals surface area contributed by atoms with Crippen molar-refractivity contribution in [1.29, 1.82) is 0 Å². The van der Waals surface area contributed by atoms with Crippen molar-refractivity contribution in [2.75, 3.05) is 6.61 Å². The van der Waals surface area contributed by atoms with E-state index in [0.29, 0.717) is 18.5 Å². The van der Waals surface area contributed by atoms with Gasteiger partial charge in [-0.2, -0.15) is 0 Å². The molecule has 0 saturated heterocycles. The van der Waals surface area contributed by atoms with Gasteiger partial charge in [0.2, 0.25) is 5.89 Å². The normalized spacial score (nSPS) is 16.5. The molecule has 1 aromatic heterocycles. The van der Waals surface area contributed by atoms with E-state index in [4.69, 9.17) is 9.15 Å². The predicted octanol–water partition coefficient (Wildman–Crippen LogP) is 2.26. The molecule has 1 fully saturated rings. The first-order valence-corrected chi connectivity index (χ1v) is 4.41. The average molecular weight is 167 g/mol. The number of aromatic nitrogens is 1. The van der Waals surface area contributed by atoms with Crippen molar-refractivity contribution in [3.05, 3.63) is 11.6 Å². The minimum Gasteiger partial charge on any atom is -0.464 e. The van der Waals surface area contributed by atoms with Crippen molar-refractivity contribution in [2.45, 2.75) is 32.6 Å². The molecule has 3 heteroatoms. The van der Waals surface area contributed by atoms with Crippen LogP contribution in [0.1, 0.15) is 37.3 Å². The zero-order chi connectivity index (χ0) is 8.55. The zero-order valence-electron chi connectivity index (χ0n) is 7.46. The van der Waals surface area contributed by atoms with Crippen LogP contribution in [0.15, 0.2) is 4.42 Å². The van der Waals surface area contributed by atoms with Gasteiger partial charge in [0.25, 0.3) is 0 Å². The number of nitrogens with zero attached hydrogens (tertiary/aromatic N) is 1. The Labute approximate surface area is 71.7 Å². The number of hydrogen-bond donors (Lipinski definition) is 0. The van der Waals surface area contributed by atoms with Gasteiger partial charge in [-0.15, -0.1) is 0 Å². The maximum atomic E-state index is 5.45. The molecule has 0 atom stereocenters. The molecule has 0 bridgehead atoms. The van der Waals surface area contributed by atoms with E-state index in [1.165, 1.54) is 12.8 Å². The molecule has 1 saturated carbocycles. The van der Waals surface area contributed by atoms with Crippen molar-refractivity contribution in [2.24, 2.45) is 0 Å². The van der Waals surface area contributed by atoms with E-state index >= 15 is 0 Å². The molecule has 2 rings (SSSR count). The monoisotopic (exact) mass is 167 g/mol. The molecule has 3 nitrogen and oxygen atoms in total. The van der Waals surface area contributed by atoms with Crippen LogP contribution in [-0.4, -0.2) is 11.6 Å². The zero-order valence-corrected chi connectivity index (χ0v) is 7.46. The van der Waals surface area contributed by atoms with Crippen molar-refractivity contribution in [3.63, 3.8) is 0 Å². The maximum Gasteiger partial charge on any atom is 0.308 e. The van der Waals surface area contributed by atoms with Crippen LogP contribution in [0.4, 0.5) is 0 Å². The Kier molecular flexibility index (Phi) is 1.79. The van der Waals surface area contributed by atoms with E-state index in [2.05, 4.69) is 4.98 Å². The average Bonchev–Trinajstić information content (AvgIpc) is 2.80. The van der Waals surface area contributed by atoms with Gasteiger partial charge in [0.05, 0.1) is 6.61 Å². The molecule has 66 valence electrons. The van der Waals surface area contributed by atoms with E-state index in [9.17, 15) is 0 Å². The van der Waals surface area contributed by atoms with Gasteiger partial charge in [0.1, 0.15) is 5.69 Å².